The lowest BCUT2D eigenvalue weighted by atomic mass is 10.2. The molecule has 0 bridgehead atoms. The Morgan fingerprint density at radius 3 is 2.67 bits per heavy atom. The number of para-hydroxylation sites is 1. The van der Waals surface area contributed by atoms with E-state index in [9.17, 15) is 14.4 Å². The van der Waals surface area contributed by atoms with Crippen LogP contribution in [0.2, 0.25) is 0 Å². The summed E-state index contributed by atoms with van der Waals surface area (Å²) in [4.78, 5) is 33.8. The number of aliphatic carboxylic acids is 1. The van der Waals surface area contributed by atoms with Crippen LogP contribution in [0.5, 0.6) is 0 Å². The molecule has 0 saturated carbocycles. The predicted octanol–water partition coefficient (Wildman–Crippen LogP) is -0.275. The molecule has 1 aromatic carbocycles. The molecule has 8 nitrogen and oxygen atoms in total. The molecule has 2 amide bonds. The number of hydrogen-bond donors (Lipinski definition) is 3. The normalized spacial score (nSPS) is 12.0. The van der Waals surface area contributed by atoms with Crippen LogP contribution in [0.15, 0.2) is 24.3 Å². The van der Waals surface area contributed by atoms with E-state index in [0.717, 1.165) is 0 Å². The maximum Gasteiger partial charge on any atom is 0.325 e. The number of carboxylic acid groups (broad SMARTS) is 1. The van der Waals surface area contributed by atoms with Gasteiger partial charge in [-0.2, -0.15) is 5.10 Å². The molecule has 1 heterocycles. The number of amides is 2. The van der Waals surface area contributed by atoms with Gasteiger partial charge in [-0.15, -0.1) is 0 Å². The van der Waals surface area contributed by atoms with Crippen molar-refractivity contribution in [2.24, 2.45) is 5.73 Å². The molecule has 21 heavy (non-hydrogen) atoms. The summed E-state index contributed by atoms with van der Waals surface area (Å²) in [6, 6.07) is 5.84. The van der Waals surface area contributed by atoms with Crippen LogP contribution >= 0.6 is 0 Å². The minimum atomic E-state index is -1.13. The zero-order chi connectivity index (χ0) is 15.6. The number of nitrogens with two attached hydrogens (primary N) is 1. The van der Waals surface area contributed by atoms with E-state index in [0.29, 0.717) is 10.9 Å². The summed E-state index contributed by atoms with van der Waals surface area (Å²) in [5.74, 6) is -2.34. The number of aromatic nitrogens is 2. The van der Waals surface area contributed by atoms with E-state index >= 15 is 0 Å². The Morgan fingerprint density at radius 2 is 2.05 bits per heavy atom. The first kappa shape index (κ1) is 14.5. The first-order chi connectivity index (χ1) is 9.90. The standard InChI is InChI=1S/C13H14N4O4/c1-7(13(20)21)15-10(18)6-17-9-5-3-2-4-8(9)11(16-17)12(14)19/h2-5,7H,6H2,1H3,(H2,14,19)(H,15,18)(H,20,21). The quantitative estimate of drug-likeness (QED) is 0.698. The number of nitrogens with zero attached hydrogens (tertiary/aromatic N) is 2. The van der Waals surface area contributed by atoms with Gasteiger partial charge in [0.25, 0.3) is 5.91 Å². The number of fused-ring (bicyclic) bond motifs is 1. The van der Waals surface area contributed by atoms with E-state index in [1.807, 2.05) is 0 Å². The van der Waals surface area contributed by atoms with Crippen molar-refractivity contribution in [3.63, 3.8) is 0 Å². The molecule has 110 valence electrons. The number of carboxylic acids is 1. The fourth-order valence-electron chi connectivity index (χ4n) is 1.91. The van der Waals surface area contributed by atoms with Crippen LogP contribution in [0.3, 0.4) is 0 Å². The highest BCUT2D eigenvalue weighted by Gasteiger charge is 2.18. The minimum Gasteiger partial charge on any atom is -0.480 e. The summed E-state index contributed by atoms with van der Waals surface area (Å²) in [6.45, 7) is 1.15. The molecule has 2 aromatic rings. The van der Waals surface area contributed by atoms with Crippen LogP contribution in [0.25, 0.3) is 10.9 Å². The summed E-state index contributed by atoms with van der Waals surface area (Å²) in [7, 11) is 0. The molecule has 0 aliphatic carbocycles. The second-order valence-corrected chi connectivity index (χ2v) is 4.52. The fraction of sp³-hybridized carbons (Fsp3) is 0.231. The van der Waals surface area contributed by atoms with Gasteiger partial charge in [-0.3, -0.25) is 19.1 Å². The van der Waals surface area contributed by atoms with E-state index in [4.69, 9.17) is 10.8 Å². The molecule has 1 aromatic heterocycles. The largest absolute Gasteiger partial charge is 0.480 e. The van der Waals surface area contributed by atoms with Crippen LogP contribution in [-0.2, 0) is 16.1 Å². The minimum absolute atomic E-state index is 0.0738. The Bertz CT molecular complexity index is 722. The molecule has 0 radical (unpaired) electrons. The number of benzene rings is 1. The van der Waals surface area contributed by atoms with E-state index < -0.39 is 23.8 Å². The topological polar surface area (TPSA) is 127 Å². The van der Waals surface area contributed by atoms with Gasteiger partial charge in [0.15, 0.2) is 5.69 Å². The van der Waals surface area contributed by atoms with Gasteiger partial charge in [0.2, 0.25) is 5.91 Å². The van der Waals surface area contributed by atoms with Crippen molar-refractivity contribution in [2.75, 3.05) is 0 Å². The van der Waals surface area contributed by atoms with Crippen molar-refractivity contribution in [1.82, 2.24) is 15.1 Å². The molecule has 1 unspecified atom stereocenters. The van der Waals surface area contributed by atoms with Gasteiger partial charge >= 0.3 is 5.97 Å². The van der Waals surface area contributed by atoms with Crippen molar-refractivity contribution in [3.05, 3.63) is 30.0 Å². The van der Waals surface area contributed by atoms with Crippen molar-refractivity contribution >= 4 is 28.7 Å². The molecule has 0 spiro atoms. The first-order valence-corrected chi connectivity index (χ1v) is 6.17. The Morgan fingerprint density at radius 1 is 1.38 bits per heavy atom. The van der Waals surface area contributed by atoms with Gasteiger partial charge in [-0.1, -0.05) is 18.2 Å². The Labute approximate surface area is 119 Å². The number of hydrogen-bond acceptors (Lipinski definition) is 4. The smallest absolute Gasteiger partial charge is 0.325 e. The summed E-state index contributed by atoms with van der Waals surface area (Å²) in [5, 5.41) is 15.6. The van der Waals surface area contributed by atoms with Crippen molar-refractivity contribution < 1.29 is 19.5 Å². The fourth-order valence-corrected chi connectivity index (χ4v) is 1.91. The molecular weight excluding hydrogens is 276 g/mol. The third-order valence-electron chi connectivity index (χ3n) is 2.93. The zero-order valence-corrected chi connectivity index (χ0v) is 11.2. The maximum atomic E-state index is 11.8. The molecule has 0 aliphatic heterocycles. The second-order valence-electron chi connectivity index (χ2n) is 4.52. The molecule has 4 N–H and O–H groups in total. The molecule has 0 fully saturated rings. The van der Waals surface area contributed by atoms with E-state index in [1.54, 1.807) is 24.3 Å². The molecule has 1 atom stereocenters. The van der Waals surface area contributed by atoms with E-state index in [-0.39, 0.29) is 12.2 Å². The average Bonchev–Trinajstić information content (AvgIpc) is 2.78. The van der Waals surface area contributed by atoms with Gasteiger partial charge in [-0.05, 0) is 13.0 Å². The van der Waals surface area contributed by atoms with Crippen LogP contribution in [0.1, 0.15) is 17.4 Å². The lowest BCUT2D eigenvalue weighted by Gasteiger charge is -2.09. The highest BCUT2D eigenvalue weighted by Crippen LogP contribution is 2.17. The van der Waals surface area contributed by atoms with E-state index in [1.165, 1.54) is 11.6 Å². The highest BCUT2D eigenvalue weighted by atomic mass is 16.4. The number of carbonyl (C=O) groups is 3. The number of rotatable bonds is 5. The Kier molecular flexibility index (Phi) is 3.88. The van der Waals surface area contributed by atoms with Crippen LogP contribution in [-0.4, -0.2) is 38.7 Å². The number of primary amides is 1. The summed E-state index contributed by atoms with van der Waals surface area (Å²) in [6.07, 6.45) is 0. The lowest BCUT2D eigenvalue weighted by molar-refractivity contribution is -0.141. The first-order valence-electron chi connectivity index (χ1n) is 6.17. The van der Waals surface area contributed by atoms with Gasteiger partial charge < -0.3 is 16.2 Å². The molecule has 0 aliphatic rings. The van der Waals surface area contributed by atoms with Crippen molar-refractivity contribution in [2.45, 2.75) is 19.5 Å². The van der Waals surface area contributed by atoms with Crippen LogP contribution in [0.4, 0.5) is 0 Å². The van der Waals surface area contributed by atoms with Gasteiger partial charge in [0.1, 0.15) is 12.6 Å². The molecule has 8 heteroatoms. The Balaban J connectivity index is 2.28. The van der Waals surface area contributed by atoms with Gasteiger partial charge in [0, 0.05) is 5.39 Å². The van der Waals surface area contributed by atoms with Crippen LogP contribution < -0.4 is 11.1 Å². The van der Waals surface area contributed by atoms with E-state index in [2.05, 4.69) is 10.4 Å². The molecule has 2 rings (SSSR count). The highest BCUT2D eigenvalue weighted by molar-refractivity contribution is 6.04. The maximum absolute atomic E-state index is 11.8. The summed E-state index contributed by atoms with van der Waals surface area (Å²) in [5.41, 5.74) is 5.90. The lowest BCUT2D eigenvalue weighted by Crippen LogP contribution is -2.40. The Hall–Kier alpha value is -2.90. The average molecular weight is 290 g/mol. The molecular formula is C13H14N4O4. The van der Waals surface area contributed by atoms with Crippen LogP contribution in [0, 0.1) is 0 Å². The summed E-state index contributed by atoms with van der Waals surface area (Å²) < 4.78 is 1.32. The zero-order valence-electron chi connectivity index (χ0n) is 11.2. The number of carbonyl (C=O) groups excluding carboxylic acids is 2. The predicted molar refractivity (Wildman–Crippen MR) is 73.5 cm³/mol. The SMILES string of the molecule is CC(NC(=O)Cn1nc(C(N)=O)c2ccccc21)C(=O)O. The van der Waals surface area contributed by atoms with Crippen molar-refractivity contribution in [1.29, 1.82) is 0 Å². The number of nitrogens with one attached hydrogen (secondary N) is 1. The second kappa shape index (κ2) is 5.61. The monoisotopic (exact) mass is 290 g/mol. The third kappa shape index (κ3) is 2.99. The third-order valence-corrected chi connectivity index (χ3v) is 2.93. The van der Waals surface area contributed by atoms with Crippen molar-refractivity contribution in [3.8, 4) is 0 Å². The van der Waals surface area contributed by atoms with Gasteiger partial charge in [-0.25, -0.2) is 0 Å². The van der Waals surface area contributed by atoms with Gasteiger partial charge in [0.05, 0.1) is 5.52 Å². The molecule has 0 saturated heterocycles. The summed E-state index contributed by atoms with van der Waals surface area (Å²) >= 11 is 0.